The summed E-state index contributed by atoms with van der Waals surface area (Å²) >= 11 is 0. The van der Waals surface area contributed by atoms with Crippen LogP contribution >= 0.6 is 0 Å². The number of rotatable bonds is 7. The molecule has 0 radical (unpaired) electrons. The minimum atomic E-state index is -0.394. The molecule has 0 amide bonds. The van der Waals surface area contributed by atoms with Gasteiger partial charge < -0.3 is 21.0 Å². The summed E-state index contributed by atoms with van der Waals surface area (Å²) in [5, 5.41) is 14.8. The molecule has 0 atom stereocenters. The van der Waals surface area contributed by atoms with Crippen LogP contribution in [0.3, 0.4) is 0 Å². The number of anilines is 1. The first kappa shape index (κ1) is 16.1. The van der Waals surface area contributed by atoms with Crippen LogP contribution in [0.25, 0.3) is 0 Å². The largest absolute Gasteiger partial charge is 0.494 e. The number of hydrogen-bond donors (Lipinski definition) is 3. The molecule has 0 aliphatic rings. The Morgan fingerprint density at radius 2 is 2.20 bits per heavy atom. The summed E-state index contributed by atoms with van der Waals surface area (Å²) in [7, 11) is 1.43. The standard InChI is InChI=1S/C14H22FN3O2/c1-14(2,13(16)18-19)7-4-8-17-10-5-6-12(20-3)11(15)9-10/h5-6,9,17,19H,4,7-8H2,1-3H3,(H2,16,18). The smallest absolute Gasteiger partial charge is 0.167 e. The summed E-state index contributed by atoms with van der Waals surface area (Å²) in [6, 6.07) is 4.74. The van der Waals surface area contributed by atoms with Crippen LogP contribution in [0.4, 0.5) is 10.1 Å². The zero-order valence-electron chi connectivity index (χ0n) is 12.1. The molecule has 1 rings (SSSR count). The molecule has 20 heavy (non-hydrogen) atoms. The van der Waals surface area contributed by atoms with Crippen LogP contribution in [-0.2, 0) is 0 Å². The van der Waals surface area contributed by atoms with Gasteiger partial charge in [0, 0.05) is 23.7 Å². The molecule has 0 spiro atoms. The van der Waals surface area contributed by atoms with Gasteiger partial charge in [0.25, 0.3) is 0 Å². The van der Waals surface area contributed by atoms with E-state index in [4.69, 9.17) is 15.7 Å². The van der Waals surface area contributed by atoms with Crippen molar-refractivity contribution in [3.8, 4) is 5.75 Å². The first-order valence-corrected chi connectivity index (χ1v) is 6.46. The second kappa shape index (κ2) is 6.98. The van der Waals surface area contributed by atoms with Gasteiger partial charge in [0.15, 0.2) is 11.6 Å². The lowest BCUT2D eigenvalue weighted by Crippen LogP contribution is -2.32. The predicted molar refractivity (Wildman–Crippen MR) is 77.9 cm³/mol. The van der Waals surface area contributed by atoms with Gasteiger partial charge in [-0.05, 0) is 25.0 Å². The van der Waals surface area contributed by atoms with Crippen LogP contribution in [0.2, 0.25) is 0 Å². The van der Waals surface area contributed by atoms with Gasteiger partial charge in [0.2, 0.25) is 0 Å². The first-order valence-electron chi connectivity index (χ1n) is 6.46. The maximum absolute atomic E-state index is 13.5. The highest BCUT2D eigenvalue weighted by atomic mass is 19.1. The minimum Gasteiger partial charge on any atom is -0.494 e. The van der Waals surface area contributed by atoms with Crippen molar-refractivity contribution in [1.82, 2.24) is 0 Å². The lowest BCUT2D eigenvalue weighted by atomic mass is 9.86. The Morgan fingerprint density at radius 3 is 2.75 bits per heavy atom. The maximum atomic E-state index is 13.5. The first-order chi connectivity index (χ1) is 9.40. The van der Waals surface area contributed by atoms with Crippen molar-refractivity contribution in [3.05, 3.63) is 24.0 Å². The molecular formula is C14H22FN3O2. The monoisotopic (exact) mass is 283 g/mol. The average molecular weight is 283 g/mol. The van der Waals surface area contributed by atoms with Gasteiger partial charge in [-0.15, -0.1) is 0 Å². The second-order valence-corrected chi connectivity index (χ2v) is 5.25. The minimum absolute atomic E-state index is 0.216. The third-order valence-corrected chi connectivity index (χ3v) is 3.26. The topological polar surface area (TPSA) is 79.9 Å². The quantitative estimate of drug-likeness (QED) is 0.236. The molecule has 1 aromatic rings. The van der Waals surface area contributed by atoms with E-state index >= 15 is 0 Å². The van der Waals surface area contributed by atoms with Crippen molar-refractivity contribution in [3.63, 3.8) is 0 Å². The number of nitrogens with zero attached hydrogens (tertiary/aromatic N) is 1. The normalized spacial score (nSPS) is 12.3. The van der Waals surface area contributed by atoms with E-state index in [2.05, 4.69) is 10.5 Å². The van der Waals surface area contributed by atoms with Crippen molar-refractivity contribution < 1.29 is 14.3 Å². The van der Waals surface area contributed by atoms with E-state index in [1.165, 1.54) is 13.2 Å². The summed E-state index contributed by atoms with van der Waals surface area (Å²) in [4.78, 5) is 0. The highest BCUT2D eigenvalue weighted by Crippen LogP contribution is 2.23. The van der Waals surface area contributed by atoms with E-state index in [1.54, 1.807) is 12.1 Å². The summed E-state index contributed by atoms with van der Waals surface area (Å²) < 4.78 is 18.3. The van der Waals surface area contributed by atoms with E-state index in [9.17, 15) is 4.39 Å². The molecule has 0 saturated heterocycles. The van der Waals surface area contributed by atoms with Crippen molar-refractivity contribution >= 4 is 11.5 Å². The average Bonchev–Trinajstić information content (AvgIpc) is 2.42. The van der Waals surface area contributed by atoms with E-state index in [-0.39, 0.29) is 17.0 Å². The van der Waals surface area contributed by atoms with Gasteiger partial charge >= 0.3 is 0 Å². The highest BCUT2D eigenvalue weighted by Gasteiger charge is 2.22. The van der Waals surface area contributed by atoms with E-state index < -0.39 is 5.82 Å². The molecule has 0 aromatic heterocycles. The lowest BCUT2D eigenvalue weighted by Gasteiger charge is -2.22. The maximum Gasteiger partial charge on any atom is 0.167 e. The fourth-order valence-corrected chi connectivity index (χ4v) is 1.80. The Hall–Kier alpha value is -1.98. The van der Waals surface area contributed by atoms with Crippen molar-refractivity contribution in [2.45, 2.75) is 26.7 Å². The van der Waals surface area contributed by atoms with Gasteiger partial charge in [0.1, 0.15) is 5.84 Å². The summed E-state index contributed by atoms with van der Waals surface area (Å²) in [5.74, 6) is 0.0473. The molecule has 4 N–H and O–H groups in total. The Bertz CT molecular complexity index is 475. The Kier molecular flexibility index (Phi) is 5.61. The Morgan fingerprint density at radius 1 is 1.50 bits per heavy atom. The third-order valence-electron chi connectivity index (χ3n) is 3.26. The van der Waals surface area contributed by atoms with Crippen molar-refractivity contribution in [1.29, 1.82) is 0 Å². The number of benzene rings is 1. The van der Waals surface area contributed by atoms with Gasteiger partial charge in [-0.2, -0.15) is 0 Å². The molecule has 0 unspecified atom stereocenters. The van der Waals surface area contributed by atoms with Crippen LogP contribution < -0.4 is 15.8 Å². The van der Waals surface area contributed by atoms with Gasteiger partial charge in [-0.25, -0.2) is 4.39 Å². The molecule has 0 bridgehead atoms. The van der Waals surface area contributed by atoms with Gasteiger partial charge in [-0.1, -0.05) is 19.0 Å². The second-order valence-electron chi connectivity index (χ2n) is 5.25. The van der Waals surface area contributed by atoms with E-state index in [0.29, 0.717) is 12.2 Å². The predicted octanol–water partition coefficient (Wildman–Crippen LogP) is 2.80. The van der Waals surface area contributed by atoms with E-state index in [1.807, 2.05) is 13.8 Å². The molecule has 0 fully saturated rings. The Balaban J connectivity index is 2.44. The van der Waals surface area contributed by atoms with Crippen molar-refractivity contribution in [2.24, 2.45) is 16.3 Å². The number of ether oxygens (including phenoxy) is 1. The molecular weight excluding hydrogens is 261 g/mol. The van der Waals surface area contributed by atoms with Crippen LogP contribution in [0, 0.1) is 11.2 Å². The SMILES string of the molecule is COc1ccc(NCCCC(C)(C)C(N)=NO)cc1F. The number of nitrogens with two attached hydrogens (primary N) is 1. The molecule has 6 heteroatoms. The van der Waals surface area contributed by atoms with Crippen LogP contribution in [0.1, 0.15) is 26.7 Å². The number of halogens is 1. The summed E-state index contributed by atoms with van der Waals surface area (Å²) in [6.07, 6.45) is 1.57. The molecule has 1 aromatic carbocycles. The molecule has 112 valence electrons. The van der Waals surface area contributed by atoms with Gasteiger partial charge in [-0.3, -0.25) is 0 Å². The fraction of sp³-hybridized carbons (Fsp3) is 0.500. The molecule has 0 heterocycles. The number of oxime groups is 1. The summed E-state index contributed by atoms with van der Waals surface area (Å²) in [6.45, 7) is 4.50. The van der Waals surface area contributed by atoms with Crippen LogP contribution in [-0.4, -0.2) is 24.7 Å². The third kappa shape index (κ3) is 4.29. The molecule has 5 nitrogen and oxygen atoms in total. The molecule has 0 aliphatic heterocycles. The highest BCUT2D eigenvalue weighted by molar-refractivity contribution is 5.85. The van der Waals surface area contributed by atoms with Gasteiger partial charge in [0.05, 0.1) is 7.11 Å². The van der Waals surface area contributed by atoms with Crippen molar-refractivity contribution in [2.75, 3.05) is 19.0 Å². The van der Waals surface area contributed by atoms with Crippen LogP contribution in [0.15, 0.2) is 23.4 Å². The summed E-state index contributed by atoms with van der Waals surface area (Å²) in [5.41, 5.74) is 5.95. The fourth-order valence-electron chi connectivity index (χ4n) is 1.80. The number of amidine groups is 1. The Labute approximate surface area is 118 Å². The van der Waals surface area contributed by atoms with Crippen LogP contribution in [0.5, 0.6) is 5.75 Å². The zero-order valence-corrected chi connectivity index (χ0v) is 12.1. The van der Waals surface area contributed by atoms with E-state index in [0.717, 1.165) is 12.8 Å². The lowest BCUT2D eigenvalue weighted by molar-refractivity contribution is 0.305. The molecule has 0 aliphatic carbocycles. The number of methoxy groups -OCH3 is 1. The number of nitrogens with one attached hydrogen (secondary N) is 1. The molecule has 0 saturated carbocycles. The number of hydrogen-bond acceptors (Lipinski definition) is 4. The zero-order chi connectivity index (χ0) is 15.2.